The topological polar surface area (TPSA) is 12.4 Å². The SMILES string of the molecule is CC/C=C/N=C=S. The van der Waals surface area contributed by atoms with Crippen molar-refractivity contribution in [3.05, 3.63) is 12.3 Å². The zero-order valence-electron chi connectivity index (χ0n) is 4.22. The zero-order chi connectivity index (χ0) is 5.54. The molecule has 7 heavy (non-hydrogen) atoms. The summed E-state index contributed by atoms with van der Waals surface area (Å²) < 4.78 is 0. The van der Waals surface area contributed by atoms with Gasteiger partial charge in [0.1, 0.15) is 0 Å². The van der Waals surface area contributed by atoms with E-state index in [1.165, 1.54) is 0 Å². The number of hydrogen-bond donors (Lipinski definition) is 0. The summed E-state index contributed by atoms with van der Waals surface area (Å²) >= 11 is 4.30. The Hall–Kier alpha value is -0.460. The predicted molar refractivity (Wildman–Crippen MR) is 34.5 cm³/mol. The molecule has 0 amide bonds. The van der Waals surface area contributed by atoms with Crippen LogP contribution in [0, 0.1) is 0 Å². The second-order valence-corrected chi connectivity index (χ2v) is 1.20. The van der Waals surface area contributed by atoms with Crippen LogP contribution in [0.2, 0.25) is 0 Å². The summed E-state index contributed by atoms with van der Waals surface area (Å²) in [5.74, 6) is 0. The van der Waals surface area contributed by atoms with E-state index in [0.717, 1.165) is 6.42 Å². The number of hydrogen-bond acceptors (Lipinski definition) is 2. The number of rotatable bonds is 2. The molecule has 0 aliphatic rings. The Morgan fingerprint density at radius 3 is 3.00 bits per heavy atom. The summed E-state index contributed by atoms with van der Waals surface area (Å²) in [5.41, 5.74) is 0. The summed E-state index contributed by atoms with van der Waals surface area (Å²) in [7, 11) is 0. The van der Waals surface area contributed by atoms with Gasteiger partial charge in [-0.25, -0.2) is 4.99 Å². The van der Waals surface area contributed by atoms with Crippen molar-refractivity contribution in [2.75, 3.05) is 0 Å². The van der Waals surface area contributed by atoms with Crippen molar-refractivity contribution < 1.29 is 0 Å². The van der Waals surface area contributed by atoms with Crippen LogP contribution in [0.15, 0.2) is 17.3 Å². The molecule has 0 N–H and O–H groups in total. The van der Waals surface area contributed by atoms with E-state index in [2.05, 4.69) is 22.4 Å². The molecule has 1 nitrogen and oxygen atoms in total. The predicted octanol–water partition coefficient (Wildman–Crippen LogP) is 2.01. The van der Waals surface area contributed by atoms with Gasteiger partial charge in [-0.15, -0.1) is 0 Å². The second kappa shape index (κ2) is 5.54. The standard InChI is InChI=1S/C5H7NS/c1-2-3-4-6-5-7/h3-4H,2H2,1H3/b4-3+. The van der Waals surface area contributed by atoms with Gasteiger partial charge in [0.15, 0.2) is 0 Å². The Labute approximate surface area is 48.8 Å². The fourth-order valence-electron chi connectivity index (χ4n) is 0.189. The Morgan fingerprint density at radius 1 is 1.86 bits per heavy atom. The first-order chi connectivity index (χ1) is 3.41. The van der Waals surface area contributed by atoms with Gasteiger partial charge in [-0.05, 0) is 18.6 Å². The minimum atomic E-state index is 1.00. The van der Waals surface area contributed by atoms with Gasteiger partial charge in [-0.2, -0.15) is 0 Å². The van der Waals surface area contributed by atoms with E-state index in [-0.39, 0.29) is 0 Å². The molecule has 0 aromatic carbocycles. The van der Waals surface area contributed by atoms with E-state index in [0.29, 0.717) is 0 Å². The number of isothiocyanates is 1. The Balaban J connectivity index is 3.27. The maximum absolute atomic E-state index is 4.30. The molecule has 0 aromatic heterocycles. The number of aliphatic imine (C=N–C) groups is 1. The highest BCUT2D eigenvalue weighted by Gasteiger charge is 1.57. The van der Waals surface area contributed by atoms with Crippen molar-refractivity contribution in [1.82, 2.24) is 0 Å². The Bertz CT molecular complexity index is 101. The molecular weight excluding hydrogens is 106 g/mol. The molecule has 0 aliphatic carbocycles. The van der Waals surface area contributed by atoms with E-state index in [1.807, 2.05) is 13.0 Å². The van der Waals surface area contributed by atoms with Crippen molar-refractivity contribution in [3.63, 3.8) is 0 Å². The van der Waals surface area contributed by atoms with Gasteiger partial charge < -0.3 is 0 Å². The Kier molecular flexibility index (Phi) is 5.18. The summed E-state index contributed by atoms with van der Waals surface area (Å²) in [6.07, 6.45) is 4.56. The van der Waals surface area contributed by atoms with Gasteiger partial charge >= 0.3 is 0 Å². The van der Waals surface area contributed by atoms with Crippen LogP contribution in [-0.4, -0.2) is 5.16 Å². The quantitative estimate of drug-likeness (QED) is 0.394. The molecule has 0 spiro atoms. The first kappa shape index (κ1) is 6.54. The highest BCUT2D eigenvalue weighted by Crippen LogP contribution is 1.77. The average Bonchev–Trinajstić information content (AvgIpc) is 1.69. The summed E-state index contributed by atoms with van der Waals surface area (Å²) in [4.78, 5) is 3.55. The molecule has 0 fully saturated rings. The highest BCUT2D eigenvalue weighted by molar-refractivity contribution is 7.78. The van der Waals surface area contributed by atoms with Crippen LogP contribution < -0.4 is 0 Å². The maximum Gasteiger partial charge on any atom is 0.0634 e. The smallest absolute Gasteiger partial charge is 0.0634 e. The summed E-state index contributed by atoms with van der Waals surface area (Å²) in [5, 5.41) is 2.22. The lowest BCUT2D eigenvalue weighted by Gasteiger charge is -1.67. The number of allylic oxidation sites excluding steroid dienone is 1. The van der Waals surface area contributed by atoms with E-state index in [4.69, 9.17) is 0 Å². The third kappa shape index (κ3) is 5.54. The minimum absolute atomic E-state index is 1.00. The van der Waals surface area contributed by atoms with Crippen LogP contribution in [0.25, 0.3) is 0 Å². The van der Waals surface area contributed by atoms with Gasteiger partial charge in [-0.3, -0.25) is 0 Å². The molecule has 0 unspecified atom stereocenters. The van der Waals surface area contributed by atoms with Crippen molar-refractivity contribution in [1.29, 1.82) is 0 Å². The van der Waals surface area contributed by atoms with Crippen LogP contribution in [0.4, 0.5) is 0 Å². The van der Waals surface area contributed by atoms with Crippen molar-refractivity contribution >= 4 is 17.4 Å². The number of nitrogens with zero attached hydrogens (tertiary/aromatic N) is 1. The van der Waals surface area contributed by atoms with Gasteiger partial charge in [0.2, 0.25) is 0 Å². The lowest BCUT2D eigenvalue weighted by Crippen LogP contribution is -1.48. The average molecular weight is 113 g/mol. The molecule has 2 heteroatoms. The first-order valence-electron chi connectivity index (χ1n) is 2.13. The molecule has 0 rings (SSSR count). The summed E-state index contributed by atoms with van der Waals surface area (Å²) in [6.45, 7) is 2.04. The largest absolute Gasteiger partial charge is 0.203 e. The van der Waals surface area contributed by atoms with Gasteiger partial charge in [0.05, 0.1) is 5.16 Å². The normalized spacial score (nSPS) is 8.71. The molecule has 0 saturated carbocycles. The first-order valence-corrected chi connectivity index (χ1v) is 2.54. The van der Waals surface area contributed by atoms with Crippen molar-refractivity contribution in [3.8, 4) is 0 Å². The zero-order valence-corrected chi connectivity index (χ0v) is 5.03. The van der Waals surface area contributed by atoms with E-state index < -0.39 is 0 Å². The second-order valence-electron chi connectivity index (χ2n) is 1.01. The molecule has 38 valence electrons. The molecule has 0 saturated heterocycles. The van der Waals surface area contributed by atoms with Crippen LogP contribution in [0.5, 0.6) is 0 Å². The van der Waals surface area contributed by atoms with E-state index in [1.54, 1.807) is 6.20 Å². The number of thiocarbonyl (C=S) groups is 1. The lowest BCUT2D eigenvalue weighted by atomic mass is 10.5. The van der Waals surface area contributed by atoms with Gasteiger partial charge in [-0.1, -0.05) is 13.0 Å². The Morgan fingerprint density at radius 2 is 2.57 bits per heavy atom. The van der Waals surface area contributed by atoms with Crippen LogP contribution in [-0.2, 0) is 0 Å². The van der Waals surface area contributed by atoms with Crippen LogP contribution >= 0.6 is 12.2 Å². The molecule has 0 radical (unpaired) electrons. The summed E-state index contributed by atoms with van der Waals surface area (Å²) in [6, 6.07) is 0. The van der Waals surface area contributed by atoms with Crippen LogP contribution in [0.1, 0.15) is 13.3 Å². The molecule has 0 bridgehead atoms. The van der Waals surface area contributed by atoms with Gasteiger partial charge in [0, 0.05) is 6.20 Å². The van der Waals surface area contributed by atoms with Gasteiger partial charge in [0.25, 0.3) is 0 Å². The lowest BCUT2D eigenvalue weighted by molar-refractivity contribution is 1.21. The minimum Gasteiger partial charge on any atom is -0.203 e. The molecular formula is C5H7NS. The van der Waals surface area contributed by atoms with E-state index in [9.17, 15) is 0 Å². The van der Waals surface area contributed by atoms with Crippen molar-refractivity contribution in [2.24, 2.45) is 4.99 Å². The highest BCUT2D eigenvalue weighted by atomic mass is 32.1. The fraction of sp³-hybridized carbons (Fsp3) is 0.400. The molecule has 0 aromatic rings. The molecule has 0 heterocycles. The third-order valence-electron chi connectivity index (χ3n) is 0.468. The fourth-order valence-corrected chi connectivity index (χ4v) is 0.249. The van der Waals surface area contributed by atoms with E-state index >= 15 is 0 Å². The monoisotopic (exact) mass is 113 g/mol. The maximum atomic E-state index is 4.30. The molecule has 0 aliphatic heterocycles. The van der Waals surface area contributed by atoms with Crippen LogP contribution in [0.3, 0.4) is 0 Å². The molecule has 0 atom stereocenters. The van der Waals surface area contributed by atoms with Crippen molar-refractivity contribution in [2.45, 2.75) is 13.3 Å². The third-order valence-corrected chi connectivity index (χ3v) is 0.574.